The predicted octanol–water partition coefficient (Wildman–Crippen LogP) is 4.84. The smallest absolute Gasteiger partial charge is 0.00976 e. The molecular weight excluding hydrogens is 188 g/mol. The molecule has 0 aromatic carbocycles. The molecule has 0 saturated heterocycles. The van der Waals surface area contributed by atoms with E-state index in [2.05, 4.69) is 25.0 Å². The van der Waals surface area contributed by atoms with E-state index in [0.29, 0.717) is 0 Å². The van der Waals surface area contributed by atoms with Gasteiger partial charge in [-0.3, -0.25) is 0 Å². The summed E-state index contributed by atoms with van der Waals surface area (Å²) in [4.78, 5) is 0. The van der Waals surface area contributed by atoms with Gasteiger partial charge in [-0.1, -0.05) is 70.1 Å². The van der Waals surface area contributed by atoms with Crippen molar-refractivity contribution in [3.05, 3.63) is 0 Å². The molecule has 0 rings (SSSR count). The van der Waals surface area contributed by atoms with E-state index in [-0.39, 0.29) is 0 Å². The van der Waals surface area contributed by atoms with Crippen molar-refractivity contribution in [2.75, 3.05) is 5.75 Å². The number of thioether (sulfide) groups is 1. The van der Waals surface area contributed by atoms with Gasteiger partial charge in [0.05, 0.1) is 0 Å². The highest BCUT2D eigenvalue weighted by atomic mass is 32.2. The maximum absolute atomic E-state index is 3.20. The average Bonchev–Trinajstić information content (AvgIpc) is 2.21. The Bertz CT molecular complexity index is 152. The molecule has 0 aromatic rings. The second-order valence-corrected chi connectivity index (χ2v) is 4.65. The molecule has 0 nitrogen and oxygen atoms in total. The van der Waals surface area contributed by atoms with Crippen LogP contribution in [0.1, 0.15) is 65.2 Å². The van der Waals surface area contributed by atoms with Crippen LogP contribution < -0.4 is 0 Å². The van der Waals surface area contributed by atoms with E-state index in [9.17, 15) is 0 Å². The first-order chi connectivity index (χ1) is 6.91. The Hall–Kier alpha value is -0.0900. The first-order valence-electron chi connectivity index (χ1n) is 6.01. The summed E-state index contributed by atoms with van der Waals surface area (Å²) >= 11 is 1.72. The summed E-state index contributed by atoms with van der Waals surface area (Å²) < 4.78 is 0. The van der Waals surface area contributed by atoms with Gasteiger partial charge in [0.2, 0.25) is 0 Å². The summed E-state index contributed by atoms with van der Waals surface area (Å²) in [6.45, 7) is 4.41. The second kappa shape index (κ2) is 12.9. The van der Waals surface area contributed by atoms with Crippen LogP contribution in [0.5, 0.6) is 0 Å². The lowest BCUT2D eigenvalue weighted by Crippen LogP contribution is -1.78. The molecule has 82 valence electrons. The van der Waals surface area contributed by atoms with Crippen molar-refractivity contribution in [3.63, 3.8) is 0 Å². The van der Waals surface area contributed by atoms with E-state index in [4.69, 9.17) is 0 Å². The number of hydrogen-bond acceptors (Lipinski definition) is 1. The zero-order valence-electron chi connectivity index (χ0n) is 9.77. The van der Waals surface area contributed by atoms with E-state index in [1.54, 1.807) is 11.8 Å². The number of hydrogen-bond donors (Lipinski definition) is 0. The second-order valence-electron chi connectivity index (χ2n) is 3.58. The molecule has 0 fully saturated rings. The van der Waals surface area contributed by atoms with E-state index in [0.717, 1.165) is 12.2 Å². The summed E-state index contributed by atoms with van der Waals surface area (Å²) in [5, 5.41) is 3.11. The Labute approximate surface area is 94.2 Å². The third-order valence-corrected chi connectivity index (χ3v) is 2.77. The van der Waals surface area contributed by atoms with Crippen molar-refractivity contribution in [3.8, 4) is 11.2 Å². The maximum atomic E-state index is 3.20. The fourth-order valence-electron chi connectivity index (χ4n) is 1.34. The molecule has 0 spiro atoms. The minimum atomic E-state index is 1.10. The maximum Gasteiger partial charge on any atom is 0.00976 e. The molecular formula is C13H24S. The highest BCUT2D eigenvalue weighted by Gasteiger charge is 1.88. The van der Waals surface area contributed by atoms with Crippen molar-refractivity contribution >= 4 is 11.8 Å². The Morgan fingerprint density at radius 2 is 1.50 bits per heavy atom. The number of rotatable bonds is 8. The summed E-state index contributed by atoms with van der Waals surface area (Å²) in [7, 11) is 0. The van der Waals surface area contributed by atoms with Crippen molar-refractivity contribution in [2.24, 2.45) is 0 Å². The van der Waals surface area contributed by atoms with Crippen LogP contribution in [0.4, 0.5) is 0 Å². The molecule has 0 N–H and O–H groups in total. The van der Waals surface area contributed by atoms with Gasteiger partial charge < -0.3 is 0 Å². The van der Waals surface area contributed by atoms with Crippen molar-refractivity contribution in [1.82, 2.24) is 0 Å². The summed E-state index contributed by atoms with van der Waals surface area (Å²) in [5.41, 5.74) is 0. The third-order valence-electron chi connectivity index (χ3n) is 2.19. The van der Waals surface area contributed by atoms with Gasteiger partial charge >= 0.3 is 0 Å². The Morgan fingerprint density at radius 3 is 2.14 bits per heavy atom. The van der Waals surface area contributed by atoms with Gasteiger partial charge in [-0.25, -0.2) is 0 Å². The molecule has 0 aliphatic heterocycles. The third kappa shape index (κ3) is 11.9. The van der Waals surface area contributed by atoms with E-state index < -0.39 is 0 Å². The van der Waals surface area contributed by atoms with Gasteiger partial charge in [0.15, 0.2) is 0 Å². The molecule has 0 radical (unpaired) electrons. The zero-order chi connectivity index (χ0) is 10.5. The molecule has 0 aliphatic carbocycles. The average molecular weight is 212 g/mol. The van der Waals surface area contributed by atoms with Gasteiger partial charge in [0, 0.05) is 12.2 Å². The van der Waals surface area contributed by atoms with Gasteiger partial charge in [0.1, 0.15) is 0 Å². The predicted molar refractivity (Wildman–Crippen MR) is 68.5 cm³/mol. The standard InChI is InChI=1S/C13H24S/c1-3-5-6-7-8-9-10-11-12-13-14-4-2/h3-11H2,1-2H3. The molecule has 0 unspecified atom stereocenters. The first kappa shape index (κ1) is 13.9. The molecule has 0 heterocycles. The SMILES string of the molecule is CCCCCCCCCC#CSCC. The lowest BCUT2D eigenvalue weighted by molar-refractivity contribution is 0.594. The van der Waals surface area contributed by atoms with Crippen LogP contribution in [0.3, 0.4) is 0 Å². The Morgan fingerprint density at radius 1 is 0.857 bits per heavy atom. The van der Waals surface area contributed by atoms with Crippen LogP contribution in [-0.2, 0) is 0 Å². The van der Waals surface area contributed by atoms with Crippen LogP contribution >= 0.6 is 11.8 Å². The van der Waals surface area contributed by atoms with Crippen molar-refractivity contribution in [1.29, 1.82) is 0 Å². The topological polar surface area (TPSA) is 0 Å². The quantitative estimate of drug-likeness (QED) is 0.410. The van der Waals surface area contributed by atoms with Gasteiger partial charge in [-0.15, -0.1) is 0 Å². The van der Waals surface area contributed by atoms with Crippen LogP contribution in [0.15, 0.2) is 0 Å². The molecule has 0 atom stereocenters. The fourth-order valence-corrected chi connectivity index (χ4v) is 1.69. The molecule has 0 bridgehead atoms. The highest BCUT2D eigenvalue weighted by Crippen LogP contribution is 2.08. The molecule has 1 heteroatoms. The molecule has 0 aromatic heterocycles. The van der Waals surface area contributed by atoms with Gasteiger partial charge in [0.25, 0.3) is 0 Å². The minimum Gasteiger partial charge on any atom is -0.0913 e. The normalized spacial score (nSPS) is 9.57. The van der Waals surface area contributed by atoms with E-state index >= 15 is 0 Å². The summed E-state index contributed by atoms with van der Waals surface area (Å²) in [6, 6.07) is 0. The van der Waals surface area contributed by atoms with Crippen LogP contribution in [0.25, 0.3) is 0 Å². The van der Waals surface area contributed by atoms with Crippen LogP contribution in [0.2, 0.25) is 0 Å². The van der Waals surface area contributed by atoms with Gasteiger partial charge in [-0.2, -0.15) is 0 Å². The summed E-state index contributed by atoms with van der Waals surface area (Å²) in [6.07, 6.45) is 10.8. The zero-order valence-corrected chi connectivity index (χ0v) is 10.6. The molecule has 0 saturated carbocycles. The lowest BCUT2D eigenvalue weighted by Gasteiger charge is -1.97. The number of unbranched alkanes of at least 4 members (excludes halogenated alkanes) is 7. The van der Waals surface area contributed by atoms with Crippen LogP contribution in [0, 0.1) is 11.2 Å². The Kier molecular flexibility index (Phi) is 12.8. The highest BCUT2D eigenvalue weighted by molar-refractivity contribution is 8.03. The monoisotopic (exact) mass is 212 g/mol. The molecule has 14 heavy (non-hydrogen) atoms. The van der Waals surface area contributed by atoms with Gasteiger partial charge in [-0.05, 0) is 11.7 Å². The van der Waals surface area contributed by atoms with E-state index in [1.165, 1.54) is 44.9 Å². The Balaban J connectivity index is 2.96. The van der Waals surface area contributed by atoms with E-state index in [1.807, 2.05) is 0 Å². The molecule has 0 aliphatic rings. The molecule has 0 amide bonds. The lowest BCUT2D eigenvalue weighted by atomic mass is 10.1. The first-order valence-corrected chi connectivity index (χ1v) is 7.00. The van der Waals surface area contributed by atoms with Crippen molar-refractivity contribution < 1.29 is 0 Å². The fraction of sp³-hybridized carbons (Fsp3) is 0.846. The van der Waals surface area contributed by atoms with Crippen molar-refractivity contribution in [2.45, 2.75) is 65.2 Å². The minimum absolute atomic E-state index is 1.10. The summed E-state index contributed by atoms with van der Waals surface area (Å²) in [5.74, 6) is 4.32. The largest absolute Gasteiger partial charge is 0.0913 e. The van der Waals surface area contributed by atoms with Crippen LogP contribution in [-0.4, -0.2) is 5.75 Å².